The van der Waals surface area contributed by atoms with Crippen molar-refractivity contribution in [3.8, 4) is 0 Å². The lowest BCUT2D eigenvalue weighted by atomic mass is 9.99. The quantitative estimate of drug-likeness (QED) is 0.0124. The SMILES string of the molecule is CCCCCCCCCCCCCCCCCC(=O)OCC(O)COC1OC(CS(=O)(=O)O)C(OC(=O)CCNOC(=O)CCCC[C@@H]2SC[C@@H]3NC(=O)N[C@@H]32)C(O)C1O. The molecule has 9 atom stereocenters. The Hall–Kier alpha value is -2.30. The number of hydroxylamine groups is 1. The third-order valence-corrected chi connectivity index (χ3v) is 13.1. The van der Waals surface area contributed by atoms with Crippen molar-refractivity contribution in [1.82, 2.24) is 16.1 Å². The number of thioether (sulfide) groups is 1. The second kappa shape index (κ2) is 29.1. The summed E-state index contributed by atoms with van der Waals surface area (Å²) in [5, 5.41) is 37.8. The highest BCUT2D eigenvalue weighted by Gasteiger charge is 2.49. The predicted octanol–water partition coefficient (Wildman–Crippen LogP) is 3.58. The molecular weight excluding hydrogens is 827 g/mol. The summed E-state index contributed by atoms with van der Waals surface area (Å²) in [4.78, 5) is 53.4. The zero-order valence-corrected chi connectivity index (χ0v) is 36.8. The van der Waals surface area contributed by atoms with Gasteiger partial charge in [-0.1, -0.05) is 103 Å². The number of carbonyl (C=O) groups is 4. The second-order valence-electron chi connectivity index (χ2n) is 16.1. The van der Waals surface area contributed by atoms with E-state index in [1.807, 2.05) is 0 Å². The molecule has 20 heteroatoms. The van der Waals surface area contributed by atoms with Crippen LogP contribution in [0.15, 0.2) is 0 Å². The van der Waals surface area contributed by atoms with E-state index in [0.29, 0.717) is 12.8 Å². The van der Waals surface area contributed by atoms with E-state index in [0.717, 1.165) is 37.9 Å². The van der Waals surface area contributed by atoms with E-state index in [2.05, 4.69) is 23.0 Å². The maximum atomic E-state index is 12.6. The van der Waals surface area contributed by atoms with E-state index in [9.17, 15) is 47.5 Å². The smallest absolute Gasteiger partial charge is 0.324 e. The Morgan fingerprint density at radius 2 is 1.42 bits per heavy atom. The number of aliphatic hydroxyl groups is 3. The van der Waals surface area contributed by atoms with E-state index in [1.165, 1.54) is 70.6 Å². The standard InChI is InChI=1S/C40H71N3O15S2/c1-2-3-4-5-6-7-8-9-10-11-12-13-14-15-16-20-32(45)54-24-28(44)25-55-39-37(49)36(48)38(30(56-39)27-60(51,52)53)57-33(46)22-23-41-58-34(47)21-18-17-19-31-35-29(26-59-31)42-40(50)43-35/h28-31,35-39,41,44,48-49H,2-27H2,1H3,(H2,42,43,50)(H,51,52,53)/t28?,29-,30?,31-,35-,36?,37?,38?,39?/m0/s1. The molecule has 0 aliphatic carbocycles. The number of ether oxygens (including phenoxy) is 4. The Morgan fingerprint density at radius 3 is 2.05 bits per heavy atom. The van der Waals surface area contributed by atoms with Crippen LogP contribution in [-0.4, -0.2) is 138 Å². The van der Waals surface area contributed by atoms with Crippen molar-refractivity contribution in [3.05, 3.63) is 0 Å². The van der Waals surface area contributed by atoms with Gasteiger partial charge < -0.3 is 49.7 Å². The van der Waals surface area contributed by atoms with Gasteiger partial charge in [0.25, 0.3) is 10.1 Å². The average molecular weight is 898 g/mol. The molecule has 60 heavy (non-hydrogen) atoms. The molecule has 0 aromatic heterocycles. The van der Waals surface area contributed by atoms with Crippen LogP contribution in [0.25, 0.3) is 0 Å². The molecule has 7 N–H and O–H groups in total. The van der Waals surface area contributed by atoms with Crippen LogP contribution in [0.2, 0.25) is 0 Å². The number of hydrogen-bond acceptors (Lipinski definition) is 16. The summed E-state index contributed by atoms with van der Waals surface area (Å²) in [5.41, 5.74) is 2.36. The first kappa shape index (κ1) is 52.0. The first-order valence-electron chi connectivity index (χ1n) is 22.0. The van der Waals surface area contributed by atoms with E-state index in [1.54, 1.807) is 11.8 Å². The van der Waals surface area contributed by atoms with Crippen LogP contribution in [0.4, 0.5) is 4.79 Å². The highest BCUT2D eigenvalue weighted by molar-refractivity contribution is 8.00. The number of carbonyl (C=O) groups excluding carboxylic acids is 4. The van der Waals surface area contributed by atoms with Crippen molar-refractivity contribution < 1.29 is 71.3 Å². The molecule has 3 aliphatic rings. The van der Waals surface area contributed by atoms with Gasteiger partial charge in [0, 0.05) is 30.4 Å². The summed E-state index contributed by atoms with van der Waals surface area (Å²) in [6, 6.07) is 0.0528. The molecule has 2 amide bonds. The fourth-order valence-electron chi connectivity index (χ4n) is 7.49. The summed E-state index contributed by atoms with van der Waals surface area (Å²) in [6.07, 6.45) is 9.86. The first-order chi connectivity index (χ1) is 28.8. The summed E-state index contributed by atoms with van der Waals surface area (Å²) in [5.74, 6) is -2.29. The summed E-state index contributed by atoms with van der Waals surface area (Å²) in [7, 11) is -4.74. The summed E-state index contributed by atoms with van der Waals surface area (Å²) < 4.78 is 54.1. The highest BCUT2D eigenvalue weighted by atomic mass is 32.2. The molecule has 0 bridgehead atoms. The number of esters is 2. The molecule has 0 spiro atoms. The Balaban J connectivity index is 1.24. The minimum atomic E-state index is -4.74. The van der Waals surface area contributed by atoms with Crippen LogP contribution in [0.3, 0.4) is 0 Å². The van der Waals surface area contributed by atoms with E-state index < -0.39 is 90.2 Å². The fraction of sp³-hybridized carbons (Fsp3) is 0.900. The molecule has 0 aromatic rings. The largest absolute Gasteiger partial charge is 0.463 e. The van der Waals surface area contributed by atoms with Crippen LogP contribution in [0, 0.1) is 0 Å². The Kier molecular flexibility index (Phi) is 25.3. The van der Waals surface area contributed by atoms with Gasteiger partial charge in [-0.15, -0.1) is 0 Å². The van der Waals surface area contributed by atoms with Gasteiger partial charge in [0.15, 0.2) is 12.4 Å². The molecule has 0 radical (unpaired) electrons. The number of aliphatic hydroxyl groups excluding tert-OH is 3. The van der Waals surface area contributed by atoms with Crippen molar-refractivity contribution in [2.75, 3.05) is 31.3 Å². The van der Waals surface area contributed by atoms with Crippen molar-refractivity contribution in [1.29, 1.82) is 0 Å². The number of unbranched alkanes of at least 4 members (excludes halogenated alkanes) is 15. The first-order valence-corrected chi connectivity index (χ1v) is 24.7. The molecule has 3 fully saturated rings. The Labute approximate surface area is 359 Å². The lowest BCUT2D eigenvalue weighted by Crippen LogP contribution is -2.61. The van der Waals surface area contributed by atoms with Crippen molar-refractivity contribution in [2.24, 2.45) is 0 Å². The van der Waals surface area contributed by atoms with E-state index in [4.69, 9.17) is 23.8 Å². The van der Waals surface area contributed by atoms with Crippen LogP contribution in [0.1, 0.15) is 142 Å². The molecule has 0 saturated carbocycles. The molecule has 18 nitrogen and oxygen atoms in total. The third-order valence-electron chi connectivity index (χ3n) is 10.8. The van der Waals surface area contributed by atoms with Crippen molar-refractivity contribution in [2.45, 2.75) is 196 Å². The molecule has 348 valence electrons. The summed E-state index contributed by atoms with van der Waals surface area (Å²) >= 11 is 1.78. The van der Waals surface area contributed by atoms with Gasteiger partial charge in [0.05, 0.1) is 25.1 Å². The lowest BCUT2D eigenvalue weighted by Gasteiger charge is -2.41. The number of urea groups is 1. The molecule has 3 heterocycles. The number of nitrogens with one attached hydrogen (secondary N) is 3. The van der Waals surface area contributed by atoms with Gasteiger partial charge in [-0.3, -0.25) is 18.9 Å². The van der Waals surface area contributed by atoms with Gasteiger partial charge >= 0.3 is 23.9 Å². The van der Waals surface area contributed by atoms with Gasteiger partial charge in [-0.25, -0.2) is 4.79 Å². The number of fused-ring (bicyclic) bond motifs is 1. The van der Waals surface area contributed by atoms with Gasteiger partial charge in [-0.05, 0) is 19.3 Å². The minimum absolute atomic E-state index is 0.0834. The monoisotopic (exact) mass is 897 g/mol. The second-order valence-corrected chi connectivity index (χ2v) is 18.9. The van der Waals surface area contributed by atoms with Gasteiger partial charge in [0.1, 0.15) is 36.8 Å². The molecule has 3 rings (SSSR count). The Morgan fingerprint density at radius 1 is 0.817 bits per heavy atom. The number of rotatable bonds is 33. The van der Waals surface area contributed by atoms with E-state index in [-0.39, 0.29) is 42.8 Å². The minimum Gasteiger partial charge on any atom is -0.463 e. The van der Waals surface area contributed by atoms with Crippen LogP contribution in [-0.2, 0) is 48.3 Å². The maximum Gasteiger partial charge on any atom is 0.324 e. The molecule has 3 aliphatic heterocycles. The maximum absolute atomic E-state index is 12.6. The molecule has 6 unspecified atom stereocenters. The Bertz CT molecular complexity index is 1380. The molecule has 3 saturated heterocycles. The van der Waals surface area contributed by atoms with Crippen molar-refractivity contribution in [3.63, 3.8) is 0 Å². The highest BCUT2D eigenvalue weighted by Crippen LogP contribution is 2.33. The summed E-state index contributed by atoms with van der Waals surface area (Å²) in [6.45, 7) is 1.09. The number of hydrogen-bond donors (Lipinski definition) is 7. The zero-order chi connectivity index (χ0) is 43.8. The average Bonchev–Trinajstić information content (AvgIpc) is 3.76. The zero-order valence-electron chi connectivity index (χ0n) is 35.2. The number of amides is 2. The fourth-order valence-corrected chi connectivity index (χ4v) is 9.72. The predicted molar refractivity (Wildman–Crippen MR) is 222 cm³/mol. The third kappa shape index (κ3) is 21.2. The van der Waals surface area contributed by atoms with E-state index >= 15 is 0 Å². The van der Waals surface area contributed by atoms with Crippen molar-refractivity contribution >= 4 is 45.8 Å². The van der Waals surface area contributed by atoms with Crippen LogP contribution >= 0.6 is 11.8 Å². The normalized spacial score (nSPS) is 25.6. The lowest BCUT2D eigenvalue weighted by molar-refractivity contribution is -0.299. The van der Waals surface area contributed by atoms with Crippen LogP contribution in [0.5, 0.6) is 0 Å². The van der Waals surface area contributed by atoms with Crippen LogP contribution < -0.4 is 16.1 Å². The van der Waals surface area contributed by atoms with Gasteiger partial charge in [-0.2, -0.15) is 25.7 Å². The molecule has 0 aromatic carbocycles. The molecular formula is C40H71N3O15S2. The topological polar surface area (TPSA) is 266 Å². The van der Waals surface area contributed by atoms with Gasteiger partial charge in [0.2, 0.25) is 0 Å².